The van der Waals surface area contributed by atoms with Gasteiger partial charge in [-0.05, 0) is 64.3 Å². The zero-order valence-corrected chi connectivity index (χ0v) is 16.1. The lowest BCUT2D eigenvalue weighted by molar-refractivity contribution is 0.00578. The second-order valence-corrected chi connectivity index (χ2v) is 8.61. The minimum absolute atomic E-state index is 0.360. The lowest BCUT2D eigenvalue weighted by atomic mass is 9.79. The molecule has 1 atom stereocenters. The van der Waals surface area contributed by atoms with Crippen LogP contribution in [0.3, 0.4) is 0 Å². The summed E-state index contributed by atoms with van der Waals surface area (Å²) in [5.74, 6) is 0. The molecule has 2 aromatic rings. The van der Waals surface area contributed by atoms with E-state index in [1.54, 1.807) is 0 Å². The molecule has 0 saturated carbocycles. The van der Waals surface area contributed by atoms with Gasteiger partial charge in [0.05, 0.1) is 16.1 Å². The van der Waals surface area contributed by atoms with Crippen molar-refractivity contribution in [1.29, 1.82) is 0 Å². The minimum atomic E-state index is -1.29. The molecule has 1 fully saturated rings. The highest BCUT2D eigenvalue weighted by atomic mass is 32.2. The molecule has 4 nitrogen and oxygen atoms in total. The highest BCUT2D eigenvalue weighted by molar-refractivity contribution is 7.86. The number of nitrogens with one attached hydrogen (secondary N) is 1. The van der Waals surface area contributed by atoms with Crippen molar-refractivity contribution in [1.82, 2.24) is 0 Å². The van der Waals surface area contributed by atoms with Gasteiger partial charge < -0.3 is 14.0 Å². The third-order valence-electron chi connectivity index (χ3n) is 4.88. The van der Waals surface area contributed by atoms with E-state index in [1.165, 1.54) is 0 Å². The van der Waals surface area contributed by atoms with Gasteiger partial charge in [0.25, 0.3) is 0 Å². The van der Waals surface area contributed by atoms with E-state index in [2.05, 4.69) is 4.72 Å². The van der Waals surface area contributed by atoms with E-state index in [-0.39, 0.29) is 18.3 Å². The maximum atomic E-state index is 12.4. The number of hydrogen-bond donors (Lipinski definition) is 1. The molecule has 1 aliphatic heterocycles. The minimum Gasteiger partial charge on any atom is -0.399 e. The third kappa shape index (κ3) is 3.81. The monoisotopic (exact) mass is 357 g/mol. The quantitative estimate of drug-likeness (QED) is 0.853. The first kappa shape index (κ1) is 18.2. The van der Waals surface area contributed by atoms with Crippen molar-refractivity contribution in [2.24, 2.45) is 0 Å². The van der Waals surface area contributed by atoms with Crippen molar-refractivity contribution in [2.45, 2.75) is 50.7 Å². The predicted octanol–water partition coefficient (Wildman–Crippen LogP) is 3.43. The summed E-state index contributed by atoms with van der Waals surface area (Å²) in [5, 5.41) is 0. The van der Waals surface area contributed by atoms with Gasteiger partial charge >= 0.3 is 7.12 Å². The van der Waals surface area contributed by atoms with Crippen LogP contribution in [0.25, 0.3) is 0 Å². The summed E-state index contributed by atoms with van der Waals surface area (Å²) in [6.45, 7) is 10.1. The van der Waals surface area contributed by atoms with Crippen LogP contribution >= 0.6 is 0 Å². The van der Waals surface area contributed by atoms with Gasteiger partial charge in [-0.15, -0.1) is 0 Å². The van der Waals surface area contributed by atoms with Crippen molar-refractivity contribution in [2.75, 3.05) is 4.72 Å². The van der Waals surface area contributed by atoms with Crippen molar-refractivity contribution < 1.29 is 13.5 Å². The van der Waals surface area contributed by atoms with Crippen LogP contribution in [0.5, 0.6) is 0 Å². The average Bonchev–Trinajstić information content (AvgIpc) is 2.76. The van der Waals surface area contributed by atoms with E-state index in [9.17, 15) is 4.21 Å². The van der Waals surface area contributed by atoms with Crippen LogP contribution in [0.4, 0.5) is 5.69 Å². The van der Waals surface area contributed by atoms with Crippen molar-refractivity contribution >= 4 is 29.3 Å². The lowest BCUT2D eigenvalue weighted by Gasteiger charge is -2.32. The van der Waals surface area contributed by atoms with Crippen molar-refractivity contribution in [3.8, 4) is 0 Å². The van der Waals surface area contributed by atoms with Gasteiger partial charge in [-0.3, -0.25) is 0 Å². The SMILES string of the molecule is Cc1ccc(S(=O)Nc2ccc(B3OC(C)(C)C(C)(C)O3)cc2)cc1. The highest BCUT2D eigenvalue weighted by Gasteiger charge is 2.51. The molecule has 0 spiro atoms. The van der Waals surface area contributed by atoms with Crippen LogP contribution in [0, 0.1) is 6.92 Å². The molecule has 0 bridgehead atoms. The van der Waals surface area contributed by atoms with Gasteiger partial charge in [0.2, 0.25) is 0 Å². The summed E-state index contributed by atoms with van der Waals surface area (Å²) < 4.78 is 27.5. The Bertz CT molecular complexity index is 756. The summed E-state index contributed by atoms with van der Waals surface area (Å²) in [6.07, 6.45) is 0. The standard InChI is InChI=1S/C19H24BNO3S/c1-14-6-12-17(13-7-14)25(22)21-16-10-8-15(9-11-16)20-23-18(2,3)19(4,5)24-20/h6-13,21H,1-5H3. The lowest BCUT2D eigenvalue weighted by Crippen LogP contribution is -2.41. The molecule has 1 saturated heterocycles. The molecule has 0 aromatic heterocycles. The average molecular weight is 357 g/mol. The van der Waals surface area contributed by atoms with Crippen molar-refractivity contribution in [3.63, 3.8) is 0 Å². The summed E-state index contributed by atoms with van der Waals surface area (Å²) >= 11 is 0. The number of hydrogen-bond acceptors (Lipinski definition) is 3. The normalized spacial score (nSPS) is 19.6. The molecule has 3 rings (SSSR count). The fraction of sp³-hybridized carbons (Fsp3) is 0.368. The molecule has 1 aliphatic rings. The first-order chi connectivity index (χ1) is 11.7. The van der Waals surface area contributed by atoms with Crippen LogP contribution in [0.15, 0.2) is 53.4 Å². The fourth-order valence-corrected chi connectivity index (χ4v) is 3.37. The Kier molecular flexibility index (Phi) is 4.79. The summed E-state index contributed by atoms with van der Waals surface area (Å²) in [7, 11) is -1.68. The van der Waals surface area contributed by atoms with E-state index in [1.807, 2.05) is 83.1 Å². The van der Waals surface area contributed by atoms with Gasteiger partial charge in [0, 0.05) is 5.69 Å². The van der Waals surface area contributed by atoms with E-state index in [4.69, 9.17) is 9.31 Å². The molecular formula is C19H24BNO3S. The third-order valence-corrected chi connectivity index (χ3v) is 6.00. The number of benzene rings is 2. The van der Waals surface area contributed by atoms with E-state index < -0.39 is 11.0 Å². The van der Waals surface area contributed by atoms with Gasteiger partial charge in [0.15, 0.2) is 0 Å². The van der Waals surface area contributed by atoms with Gasteiger partial charge in [0.1, 0.15) is 11.0 Å². The first-order valence-corrected chi connectivity index (χ1v) is 9.54. The maximum absolute atomic E-state index is 12.4. The van der Waals surface area contributed by atoms with E-state index >= 15 is 0 Å². The largest absolute Gasteiger partial charge is 0.494 e. The van der Waals surface area contributed by atoms with Crippen LogP contribution in [-0.4, -0.2) is 22.5 Å². The molecule has 2 aromatic carbocycles. The van der Waals surface area contributed by atoms with Crippen LogP contribution in [0.1, 0.15) is 33.3 Å². The maximum Gasteiger partial charge on any atom is 0.494 e. The number of anilines is 1. The van der Waals surface area contributed by atoms with Gasteiger partial charge in [-0.25, -0.2) is 4.21 Å². The summed E-state index contributed by atoms with van der Waals surface area (Å²) in [6, 6.07) is 15.3. The van der Waals surface area contributed by atoms with E-state index in [0.717, 1.165) is 21.6 Å². The van der Waals surface area contributed by atoms with Gasteiger partial charge in [-0.2, -0.15) is 0 Å². The molecule has 1 N–H and O–H groups in total. The molecule has 25 heavy (non-hydrogen) atoms. The smallest absolute Gasteiger partial charge is 0.399 e. The molecule has 6 heteroatoms. The summed E-state index contributed by atoms with van der Waals surface area (Å²) in [5.41, 5.74) is 2.17. The number of aryl methyl sites for hydroxylation is 1. The molecular weight excluding hydrogens is 333 g/mol. The Morgan fingerprint density at radius 3 is 1.92 bits per heavy atom. The Balaban J connectivity index is 1.69. The van der Waals surface area contributed by atoms with Crippen LogP contribution < -0.4 is 10.2 Å². The van der Waals surface area contributed by atoms with E-state index in [0.29, 0.717) is 0 Å². The topological polar surface area (TPSA) is 47.6 Å². The Labute approximate surface area is 152 Å². The second-order valence-electron chi connectivity index (χ2n) is 7.39. The van der Waals surface area contributed by atoms with Crippen LogP contribution in [-0.2, 0) is 20.3 Å². The van der Waals surface area contributed by atoms with Gasteiger partial charge in [-0.1, -0.05) is 29.8 Å². The first-order valence-electron chi connectivity index (χ1n) is 8.39. The molecule has 132 valence electrons. The zero-order chi connectivity index (χ0) is 18.2. The zero-order valence-electron chi connectivity index (χ0n) is 15.3. The molecule has 0 amide bonds. The Morgan fingerprint density at radius 1 is 0.880 bits per heavy atom. The molecule has 0 radical (unpaired) electrons. The molecule has 1 heterocycles. The molecule has 0 aliphatic carbocycles. The fourth-order valence-electron chi connectivity index (χ4n) is 2.52. The Hall–Kier alpha value is -1.63. The highest BCUT2D eigenvalue weighted by Crippen LogP contribution is 2.36. The Morgan fingerprint density at radius 2 is 1.40 bits per heavy atom. The number of rotatable bonds is 4. The predicted molar refractivity (Wildman–Crippen MR) is 103 cm³/mol. The van der Waals surface area contributed by atoms with Crippen LogP contribution in [0.2, 0.25) is 0 Å². The second kappa shape index (κ2) is 6.59. The van der Waals surface area contributed by atoms with Crippen molar-refractivity contribution in [3.05, 3.63) is 54.1 Å². The molecule has 1 unspecified atom stereocenters. The summed E-state index contributed by atoms with van der Waals surface area (Å²) in [4.78, 5) is 0.751.